The molecule has 1 aliphatic rings. The highest BCUT2D eigenvalue weighted by Crippen LogP contribution is 2.23. The maximum atomic E-state index is 13.1. The number of amides is 1. The second kappa shape index (κ2) is 40.8. The van der Waals surface area contributed by atoms with Crippen molar-refractivity contribution < 1.29 is 50.0 Å². The lowest BCUT2D eigenvalue weighted by Crippen LogP contribution is -2.60. The number of nitrogens with one attached hydrogen (secondary N) is 1. The minimum Gasteiger partial charge on any atom is -0.394 e. The fourth-order valence-corrected chi connectivity index (χ4v) is 7.94. The van der Waals surface area contributed by atoms with Gasteiger partial charge >= 0.3 is 0 Å². The molecule has 11 heteroatoms. The van der Waals surface area contributed by atoms with E-state index >= 15 is 0 Å². The van der Waals surface area contributed by atoms with Gasteiger partial charge in [-0.2, -0.15) is 0 Å². The van der Waals surface area contributed by atoms with Crippen LogP contribution in [0.5, 0.6) is 0 Å². The summed E-state index contributed by atoms with van der Waals surface area (Å²) in [4.78, 5) is 13.1. The number of aliphatic hydroxyl groups excluding tert-OH is 7. The minimum absolute atomic E-state index is 0.242. The fraction of sp³-hybridized carbons (Fsp3) is 0.863. The van der Waals surface area contributed by atoms with E-state index in [4.69, 9.17) is 9.47 Å². The molecule has 1 heterocycles. The Kier molecular flexibility index (Phi) is 38.4. The second-order valence-electron chi connectivity index (χ2n) is 17.9. The molecule has 1 rings (SSSR count). The van der Waals surface area contributed by atoms with Crippen molar-refractivity contribution in [3.05, 3.63) is 36.5 Å². The first-order valence-corrected chi connectivity index (χ1v) is 25.4. The smallest absolute Gasteiger partial charge is 0.249 e. The van der Waals surface area contributed by atoms with E-state index in [0.717, 1.165) is 44.9 Å². The predicted molar refractivity (Wildman–Crippen MR) is 252 cm³/mol. The molecule has 9 atom stereocenters. The second-order valence-corrected chi connectivity index (χ2v) is 17.9. The molecule has 1 amide bonds. The number of ether oxygens (including phenoxy) is 2. The number of carbonyl (C=O) groups excluding carboxylic acids is 1. The predicted octanol–water partition coefficient (Wildman–Crippen LogP) is 9.17. The molecule has 0 saturated carbocycles. The Morgan fingerprint density at radius 2 is 0.968 bits per heavy atom. The highest BCUT2D eigenvalue weighted by molar-refractivity contribution is 5.80. The van der Waals surface area contributed by atoms with E-state index in [1.165, 1.54) is 122 Å². The van der Waals surface area contributed by atoms with Gasteiger partial charge in [-0.05, 0) is 64.2 Å². The zero-order valence-corrected chi connectivity index (χ0v) is 39.4. The summed E-state index contributed by atoms with van der Waals surface area (Å²) in [5, 5.41) is 75.7. The van der Waals surface area contributed by atoms with E-state index in [0.29, 0.717) is 19.3 Å². The van der Waals surface area contributed by atoms with Crippen molar-refractivity contribution in [2.24, 2.45) is 0 Å². The highest BCUT2D eigenvalue weighted by atomic mass is 16.7. The maximum Gasteiger partial charge on any atom is 0.249 e. The van der Waals surface area contributed by atoms with Gasteiger partial charge in [0.25, 0.3) is 0 Å². The van der Waals surface area contributed by atoms with Crippen molar-refractivity contribution in [3.8, 4) is 0 Å². The molecule has 9 unspecified atom stereocenters. The van der Waals surface area contributed by atoms with Crippen LogP contribution in [-0.4, -0.2) is 110 Å². The summed E-state index contributed by atoms with van der Waals surface area (Å²) >= 11 is 0. The SMILES string of the molecule is CCCCCCCCCCC/C=C/CC/C=C/CC/C=C/CCCC(O)C(O)C(COC1OC(CO)C(O)C(O)C1O)NC(=O)C(O)CCCCCCCCCCCCCCC. The molecule has 0 aromatic heterocycles. The lowest BCUT2D eigenvalue weighted by molar-refractivity contribution is -0.303. The Labute approximate surface area is 377 Å². The van der Waals surface area contributed by atoms with Crippen LogP contribution in [0.15, 0.2) is 36.5 Å². The molecule has 364 valence electrons. The van der Waals surface area contributed by atoms with Gasteiger partial charge in [0, 0.05) is 0 Å². The molecule has 62 heavy (non-hydrogen) atoms. The molecule has 11 nitrogen and oxygen atoms in total. The summed E-state index contributed by atoms with van der Waals surface area (Å²) in [5.74, 6) is -0.713. The van der Waals surface area contributed by atoms with Crippen molar-refractivity contribution in [3.63, 3.8) is 0 Å². The summed E-state index contributed by atoms with van der Waals surface area (Å²) in [6, 6.07) is -1.19. The van der Waals surface area contributed by atoms with Gasteiger partial charge in [0.15, 0.2) is 6.29 Å². The van der Waals surface area contributed by atoms with E-state index in [1.54, 1.807) is 0 Å². The average Bonchev–Trinajstić information content (AvgIpc) is 3.27. The first-order valence-electron chi connectivity index (χ1n) is 25.4. The van der Waals surface area contributed by atoms with Crippen LogP contribution >= 0.6 is 0 Å². The first kappa shape index (κ1) is 58.3. The van der Waals surface area contributed by atoms with E-state index < -0.39 is 74.2 Å². The van der Waals surface area contributed by atoms with Crippen LogP contribution in [0.3, 0.4) is 0 Å². The Bertz CT molecular complexity index is 1100. The number of aliphatic hydroxyl groups is 7. The Balaban J connectivity index is 2.43. The van der Waals surface area contributed by atoms with Crippen LogP contribution in [0.2, 0.25) is 0 Å². The van der Waals surface area contributed by atoms with Crippen molar-refractivity contribution in [1.82, 2.24) is 5.32 Å². The topological polar surface area (TPSA) is 189 Å². The molecular weight excluding hydrogens is 787 g/mol. The Hall–Kier alpha value is -1.67. The highest BCUT2D eigenvalue weighted by Gasteiger charge is 2.44. The first-order chi connectivity index (χ1) is 30.2. The molecular formula is C51H95NO10. The molecule has 0 aromatic carbocycles. The van der Waals surface area contributed by atoms with E-state index in [9.17, 15) is 40.5 Å². The van der Waals surface area contributed by atoms with Crippen LogP contribution in [0.25, 0.3) is 0 Å². The van der Waals surface area contributed by atoms with Gasteiger partial charge in [0.05, 0.1) is 25.4 Å². The van der Waals surface area contributed by atoms with Gasteiger partial charge < -0.3 is 50.5 Å². The van der Waals surface area contributed by atoms with Gasteiger partial charge in [-0.1, -0.05) is 185 Å². The van der Waals surface area contributed by atoms with E-state index in [2.05, 4.69) is 55.6 Å². The number of hydrogen-bond donors (Lipinski definition) is 8. The molecule has 0 spiro atoms. The molecule has 0 bridgehead atoms. The van der Waals surface area contributed by atoms with Gasteiger partial charge in [-0.15, -0.1) is 0 Å². The quantitative estimate of drug-likeness (QED) is 0.0217. The van der Waals surface area contributed by atoms with Crippen molar-refractivity contribution in [2.45, 2.75) is 268 Å². The fourth-order valence-electron chi connectivity index (χ4n) is 7.94. The summed E-state index contributed by atoms with van der Waals surface area (Å²) in [7, 11) is 0. The Morgan fingerprint density at radius 1 is 0.548 bits per heavy atom. The largest absolute Gasteiger partial charge is 0.394 e. The number of hydrogen-bond acceptors (Lipinski definition) is 10. The van der Waals surface area contributed by atoms with Gasteiger partial charge in [0.2, 0.25) is 5.91 Å². The van der Waals surface area contributed by atoms with Crippen LogP contribution in [-0.2, 0) is 14.3 Å². The summed E-state index contributed by atoms with van der Waals surface area (Å²) in [5.41, 5.74) is 0. The third kappa shape index (κ3) is 29.7. The number of unbranched alkanes of at least 4 members (excludes halogenated alkanes) is 24. The number of rotatable bonds is 42. The normalized spacial score (nSPS) is 21.6. The Morgan fingerprint density at radius 3 is 1.44 bits per heavy atom. The monoisotopic (exact) mass is 882 g/mol. The van der Waals surface area contributed by atoms with E-state index in [1.807, 2.05) is 0 Å². The molecule has 1 fully saturated rings. The van der Waals surface area contributed by atoms with Crippen molar-refractivity contribution in [1.29, 1.82) is 0 Å². The van der Waals surface area contributed by atoms with Crippen LogP contribution < -0.4 is 5.32 Å². The lowest BCUT2D eigenvalue weighted by atomic mass is 9.98. The standard InChI is InChI=1S/C51H95NO10/c1-3-5-7-9-11-13-15-17-18-19-20-21-22-23-24-25-27-28-30-32-34-36-38-43(54)46(56)42(41-61-51-49(59)48(58)47(57)45(40-53)62-51)52-50(60)44(55)39-37-35-33-31-29-26-16-14-12-10-8-6-4-2/h20-21,24-25,30,32,42-49,51,53-59H,3-19,22-23,26-29,31,33-41H2,1-2H3,(H,52,60)/b21-20+,25-24+,32-30+. The van der Waals surface area contributed by atoms with Gasteiger partial charge in [0.1, 0.15) is 36.6 Å². The van der Waals surface area contributed by atoms with Crippen LogP contribution in [0.1, 0.15) is 213 Å². The number of carbonyl (C=O) groups is 1. The lowest BCUT2D eigenvalue weighted by Gasteiger charge is -2.40. The summed E-state index contributed by atoms with van der Waals surface area (Å²) < 4.78 is 11.1. The van der Waals surface area contributed by atoms with Gasteiger partial charge in [-0.3, -0.25) is 4.79 Å². The van der Waals surface area contributed by atoms with Crippen molar-refractivity contribution >= 4 is 5.91 Å². The summed E-state index contributed by atoms with van der Waals surface area (Å²) in [6.45, 7) is 3.42. The molecule has 1 saturated heterocycles. The van der Waals surface area contributed by atoms with Gasteiger partial charge in [-0.25, -0.2) is 0 Å². The van der Waals surface area contributed by atoms with E-state index in [-0.39, 0.29) is 12.8 Å². The summed E-state index contributed by atoms with van der Waals surface area (Å²) in [6.07, 6.45) is 36.2. The molecule has 8 N–H and O–H groups in total. The third-order valence-corrected chi connectivity index (χ3v) is 12.2. The zero-order chi connectivity index (χ0) is 45.5. The maximum absolute atomic E-state index is 13.1. The molecule has 1 aliphatic heterocycles. The van der Waals surface area contributed by atoms with Crippen LogP contribution in [0, 0.1) is 0 Å². The molecule has 0 aliphatic carbocycles. The molecule has 0 aromatic rings. The van der Waals surface area contributed by atoms with Crippen molar-refractivity contribution in [2.75, 3.05) is 13.2 Å². The number of allylic oxidation sites excluding steroid dienone is 6. The average molecular weight is 882 g/mol. The third-order valence-electron chi connectivity index (χ3n) is 12.2. The van der Waals surface area contributed by atoms with Crippen LogP contribution in [0.4, 0.5) is 0 Å². The molecule has 0 radical (unpaired) electrons. The zero-order valence-electron chi connectivity index (χ0n) is 39.4. The minimum atomic E-state index is -1.67.